The van der Waals surface area contributed by atoms with Crippen LogP contribution in [-0.2, 0) is 15.5 Å². The van der Waals surface area contributed by atoms with Crippen molar-refractivity contribution in [3.8, 4) is 17.2 Å². The summed E-state index contributed by atoms with van der Waals surface area (Å²) in [5, 5.41) is 3.34. The van der Waals surface area contributed by atoms with Crippen LogP contribution in [0.15, 0.2) is 47.4 Å². The van der Waals surface area contributed by atoms with E-state index in [4.69, 9.17) is 13.7 Å². The summed E-state index contributed by atoms with van der Waals surface area (Å²) < 4.78 is 41.6. The van der Waals surface area contributed by atoms with Gasteiger partial charge in [-0.3, -0.25) is 0 Å². The number of fused-ring (bicyclic) bond motifs is 3. The molecule has 1 N–H and O–H groups in total. The highest BCUT2D eigenvalue weighted by atomic mass is 32.2. The van der Waals surface area contributed by atoms with Crippen molar-refractivity contribution in [3.05, 3.63) is 48.0 Å². The zero-order valence-corrected chi connectivity index (χ0v) is 15.5. The summed E-state index contributed by atoms with van der Waals surface area (Å²) in [5.41, 5.74) is 0.871. The predicted octanol–water partition coefficient (Wildman–Crippen LogP) is 2.47. The normalized spacial score (nSPS) is 24.3. The molecule has 2 atom stereocenters. The van der Waals surface area contributed by atoms with E-state index in [-0.39, 0.29) is 16.4 Å². The lowest BCUT2D eigenvalue weighted by atomic mass is 9.74. The number of hydrogen-bond acceptors (Lipinski definition) is 6. The van der Waals surface area contributed by atoms with E-state index in [1.165, 1.54) is 19.2 Å². The molecule has 0 spiro atoms. The first kappa shape index (κ1) is 17.2. The van der Waals surface area contributed by atoms with Gasteiger partial charge in [0, 0.05) is 17.5 Å². The van der Waals surface area contributed by atoms with E-state index >= 15 is 0 Å². The van der Waals surface area contributed by atoms with Gasteiger partial charge in [0.15, 0.2) is 0 Å². The van der Waals surface area contributed by atoms with Crippen LogP contribution < -0.4 is 19.0 Å². The molecule has 2 aliphatic heterocycles. The molecule has 0 aromatic heterocycles. The number of hydrogen-bond donors (Lipinski definition) is 1. The standard InChI is InChI=1S/C19H21NO5S/c1-19-9-10-20-12-18(19)24-17-8-5-14(11-16(17)19)25-26(21,22)15-6-3-13(23-2)4-7-15/h3-8,11,18,20H,9-10,12H2,1-2H3. The van der Waals surface area contributed by atoms with Gasteiger partial charge in [-0.1, -0.05) is 6.92 Å². The molecule has 0 saturated carbocycles. The van der Waals surface area contributed by atoms with Crippen molar-refractivity contribution in [3.63, 3.8) is 0 Å². The lowest BCUT2D eigenvalue weighted by Crippen LogP contribution is -2.49. The van der Waals surface area contributed by atoms with Crippen LogP contribution in [-0.4, -0.2) is 34.7 Å². The molecule has 26 heavy (non-hydrogen) atoms. The van der Waals surface area contributed by atoms with Crippen LogP contribution >= 0.6 is 0 Å². The van der Waals surface area contributed by atoms with E-state index in [2.05, 4.69) is 12.2 Å². The average molecular weight is 375 g/mol. The first-order valence-electron chi connectivity index (χ1n) is 8.53. The Hall–Kier alpha value is -2.25. The maximum atomic E-state index is 12.6. The number of piperidine rings is 1. The van der Waals surface area contributed by atoms with Crippen LogP contribution in [0.3, 0.4) is 0 Å². The smallest absolute Gasteiger partial charge is 0.339 e. The number of methoxy groups -OCH3 is 1. The molecule has 4 rings (SSSR count). The Labute approximate surface area is 153 Å². The second-order valence-electron chi connectivity index (χ2n) is 6.85. The third-order valence-corrected chi connectivity index (χ3v) is 6.51. The Morgan fingerprint density at radius 3 is 2.62 bits per heavy atom. The molecule has 2 aromatic carbocycles. The maximum absolute atomic E-state index is 12.6. The van der Waals surface area contributed by atoms with Crippen LogP contribution in [0, 0.1) is 0 Å². The third kappa shape index (κ3) is 2.81. The summed E-state index contributed by atoms with van der Waals surface area (Å²) in [6.45, 7) is 3.85. The molecule has 2 aromatic rings. The second kappa shape index (κ2) is 6.17. The number of rotatable bonds is 4. The Kier molecular flexibility index (Phi) is 4.08. The van der Waals surface area contributed by atoms with Crippen molar-refractivity contribution >= 4 is 10.1 Å². The first-order valence-corrected chi connectivity index (χ1v) is 9.94. The minimum atomic E-state index is -3.91. The molecule has 0 bridgehead atoms. The summed E-state index contributed by atoms with van der Waals surface area (Å²) >= 11 is 0. The van der Waals surface area contributed by atoms with Crippen molar-refractivity contribution in [1.82, 2.24) is 5.32 Å². The van der Waals surface area contributed by atoms with Gasteiger partial charge >= 0.3 is 10.1 Å². The molecule has 0 aliphatic carbocycles. The number of nitrogens with one attached hydrogen (secondary N) is 1. The van der Waals surface area contributed by atoms with Gasteiger partial charge in [-0.25, -0.2) is 0 Å². The van der Waals surface area contributed by atoms with Gasteiger partial charge in [0.25, 0.3) is 0 Å². The molecule has 138 valence electrons. The Bertz CT molecular complexity index is 925. The number of ether oxygens (including phenoxy) is 2. The molecule has 1 saturated heterocycles. The van der Waals surface area contributed by atoms with Gasteiger partial charge in [0.1, 0.15) is 28.2 Å². The average Bonchev–Trinajstić information content (AvgIpc) is 2.93. The van der Waals surface area contributed by atoms with Gasteiger partial charge in [-0.05, 0) is 55.4 Å². The minimum absolute atomic E-state index is 0.0553. The summed E-state index contributed by atoms with van der Waals surface area (Å²) in [7, 11) is -2.38. The Morgan fingerprint density at radius 2 is 1.88 bits per heavy atom. The molecule has 2 unspecified atom stereocenters. The van der Waals surface area contributed by atoms with Gasteiger partial charge in [-0.2, -0.15) is 8.42 Å². The van der Waals surface area contributed by atoms with Crippen LogP contribution in [0.5, 0.6) is 17.2 Å². The van der Waals surface area contributed by atoms with Crippen molar-refractivity contribution in [2.24, 2.45) is 0 Å². The number of benzene rings is 2. The van der Waals surface area contributed by atoms with Crippen LogP contribution in [0.2, 0.25) is 0 Å². The first-order chi connectivity index (χ1) is 12.4. The van der Waals surface area contributed by atoms with Crippen molar-refractivity contribution in [2.45, 2.75) is 29.8 Å². The quantitative estimate of drug-likeness (QED) is 0.828. The molecule has 6 nitrogen and oxygen atoms in total. The minimum Gasteiger partial charge on any atom is -0.497 e. The van der Waals surface area contributed by atoms with E-state index in [1.54, 1.807) is 30.3 Å². The fraction of sp³-hybridized carbons (Fsp3) is 0.368. The predicted molar refractivity (Wildman–Crippen MR) is 96.5 cm³/mol. The van der Waals surface area contributed by atoms with E-state index in [0.29, 0.717) is 11.5 Å². The highest BCUT2D eigenvalue weighted by Crippen LogP contribution is 2.47. The molecule has 7 heteroatoms. The molecule has 2 heterocycles. The molecular weight excluding hydrogens is 354 g/mol. The zero-order valence-electron chi connectivity index (χ0n) is 14.7. The Balaban J connectivity index is 1.62. The van der Waals surface area contributed by atoms with Crippen molar-refractivity contribution < 1.29 is 22.1 Å². The van der Waals surface area contributed by atoms with E-state index < -0.39 is 10.1 Å². The van der Waals surface area contributed by atoms with Crippen LogP contribution in [0.4, 0.5) is 0 Å². The molecule has 1 fully saturated rings. The molecule has 0 radical (unpaired) electrons. The fourth-order valence-electron chi connectivity index (χ4n) is 3.63. The summed E-state index contributed by atoms with van der Waals surface area (Å²) in [4.78, 5) is 0.0843. The third-order valence-electron chi connectivity index (χ3n) is 5.25. The highest BCUT2D eigenvalue weighted by Gasteiger charge is 2.46. The van der Waals surface area contributed by atoms with E-state index in [0.717, 1.165) is 30.8 Å². The molecule has 0 amide bonds. The fourth-order valence-corrected chi connectivity index (χ4v) is 4.55. The molecular formula is C19H21NO5S. The highest BCUT2D eigenvalue weighted by molar-refractivity contribution is 7.87. The van der Waals surface area contributed by atoms with Gasteiger partial charge in [0.2, 0.25) is 0 Å². The topological polar surface area (TPSA) is 73.9 Å². The summed E-state index contributed by atoms with van der Waals surface area (Å²) in [6, 6.07) is 11.3. The monoisotopic (exact) mass is 375 g/mol. The van der Waals surface area contributed by atoms with E-state index in [9.17, 15) is 8.42 Å². The van der Waals surface area contributed by atoms with Crippen LogP contribution in [0.25, 0.3) is 0 Å². The largest absolute Gasteiger partial charge is 0.497 e. The second-order valence-corrected chi connectivity index (χ2v) is 8.40. The van der Waals surface area contributed by atoms with Crippen molar-refractivity contribution in [1.29, 1.82) is 0 Å². The van der Waals surface area contributed by atoms with Gasteiger partial charge in [-0.15, -0.1) is 0 Å². The van der Waals surface area contributed by atoms with E-state index in [1.807, 2.05) is 0 Å². The Morgan fingerprint density at radius 1 is 1.15 bits per heavy atom. The van der Waals surface area contributed by atoms with Gasteiger partial charge in [0.05, 0.1) is 7.11 Å². The molecule has 2 aliphatic rings. The summed E-state index contributed by atoms with van der Waals surface area (Å²) in [5.74, 6) is 1.68. The SMILES string of the molecule is COc1ccc(S(=O)(=O)Oc2ccc3c(c2)C2(C)CCNCC2O3)cc1. The maximum Gasteiger partial charge on any atom is 0.339 e. The van der Waals surface area contributed by atoms with Crippen LogP contribution in [0.1, 0.15) is 18.9 Å². The van der Waals surface area contributed by atoms with Gasteiger partial charge < -0.3 is 19.0 Å². The van der Waals surface area contributed by atoms with Crippen molar-refractivity contribution in [2.75, 3.05) is 20.2 Å². The lowest BCUT2D eigenvalue weighted by Gasteiger charge is -2.35. The summed E-state index contributed by atoms with van der Waals surface area (Å²) in [6.07, 6.45) is 0.985. The zero-order chi connectivity index (χ0) is 18.4. The lowest BCUT2D eigenvalue weighted by molar-refractivity contribution is 0.124.